The van der Waals surface area contributed by atoms with Crippen LogP contribution in [0.3, 0.4) is 0 Å². The molecule has 29 heavy (non-hydrogen) atoms. The molecule has 0 saturated carbocycles. The molecule has 2 heterocycles. The Labute approximate surface area is 174 Å². The van der Waals surface area contributed by atoms with E-state index in [-0.39, 0.29) is 11.9 Å². The van der Waals surface area contributed by atoms with Gasteiger partial charge in [-0.05, 0) is 49.2 Å². The fraction of sp³-hybridized carbons (Fsp3) is 0.174. The van der Waals surface area contributed by atoms with Crippen molar-refractivity contribution in [2.24, 2.45) is 0 Å². The first kappa shape index (κ1) is 19.2. The number of imidazole rings is 1. The summed E-state index contributed by atoms with van der Waals surface area (Å²) in [6.45, 7) is 4.07. The first-order chi connectivity index (χ1) is 14.1. The minimum atomic E-state index is -0.0637. The molecular formula is C23H22N4OS. The normalized spacial score (nSPS) is 12.1. The molecule has 0 aliphatic heterocycles. The standard InChI is InChI=1S/C23H22N4OS/c1-16-13-23(26-21-6-4-3-5-20(16)21)29-14-22(28)25-17(2)18-7-9-19(10-8-18)27-12-11-24-15-27/h3-13,15,17H,14H2,1-2H3,(H,25,28). The van der Waals surface area contributed by atoms with E-state index in [2.05, 4.69) is 28.3 Å². The average Bonchev–Trinajstić information content (AvgIpc) is 3.27. The van der Waals surface area contributed by atoms with E-state index in [0.717, 1.165) is 27.2 Å². The number of carbonyl (C=O) groups excluding carboxylic acids is 1. The molecule has 146 valence electrons. The minimum Gasteiger partial charge on any atom is -0.349 e. The van der Waals surface area contributed by atoms with Crippen molar-refractivity contribution in [3.63, 3.8) is 0 Å². The third-order valence-corrected chi connectivity index (χ3v) is 5.74. The number of para-hydroxylation sites is 1. The molecule has 0 radical (unpaired) electrons. The second-order valence-electron chi connectivity index (χ2n) is 6.93. The Morgan fingerprint density at radius 1 is 1.17 bits per heavy atom. The van der Waals surface area contributed by atoms with E-state index in [1.807, 2.05) is 66.2 Å². The monoisotopic (exact) mass is 402 g/mol. The predicted molar refractivity (Wildman–Crippen MR) is 117 cm³/mol. The first-order valence-corrected chi connectivity index (χ1v) is 10.5. The summed E-state index contributed by atoms with van der Waals surface area (Å²) in [6, 6.07) is 18.1. The van der Waals surface area contributed by atoms with Crippen LogP contribution in [-0.2, 0) is 4.79 Å². The summed E-state index contributed by atoms with van der Waals surface area (Å²) >= 11 is 1.46. The summed E-state index contributed by atoms with van der Waals surface area (Å²) in [5, 5.41) is 5.08. The molecule has 4 rings (SSSR count). The van der Waals surface area contributed by atoms with Gasteiger partial charge >= 0.3 is 0 Å². The summed E-state index contributed by atoms with van der Waals surface area (Å²) in [7, 11) is 0. The zero-order valence-corrected chi connectivity index (χ0v) is 17.2. The number of pyridine rings is 1. The summed E-state index contributed by atoms with van der Waals surface area (Å²) in [6.07, 6.45) is 5.42. The summed E-state index contributed by atoms with van der Waals surface area (Å²) in [5.74, 6) is 0.330. The number of hydrogen-bond donors (Lipinski definition) is 1. The lowest BCUT2D eigenvalue weighted by Crippen LogP contribution is -2.28. The molecule has 6 heteroatoms. The van der Waals surface area contributed by atoms with Crippen LogP contribution in [0.1, 0.15) is 24.1 Å². The molecule has 0 fully saturated rings. The summed E-state index contributed by atoms with van der Waals surface area (Å²) < 4.78 is 1.95. The van der Waals surface area contributed by atoms with Gasteiger partial charge in [-0.15, -0.1) is 0 Å². The molecule has 4 aromatic rings. The van der Waals surface area contributed by atoms with Crippen LogP contribution in [0.4, 0.5) is 0 Å². The van der Waals surface area contributed by atoms with Crippen LogP contribution < -0.4 is 5.32 Å². The minimum absolute atomic E-state index is 0.00574. The van der Waals surface area contributed by atoms with Crippen LogP contribution in [0.25, 0.3) is 16.6 Å². The van der Waals surface area contributed by atoms with E-state index < -0.39 is 0 Å². The van der Waals surface area contributed by atoms with Gasteiger partial charge in [-0.3, -0.25) is 4.79 Å². The molecule has 1 N–H and O–H groups in total. The highest BCUT2D eigenvalue weighted by atomic mass is 32.2. The lowest BCUT2D eigenvalue weighted by molar-refractivity contribution is -0.119. The SMILES string of the molecule is Cc1cc(SCC(=O)NC(C)c2ccc(-n3ccnc3)cc2)nc2ccccc12. The quantitative estimate of drug-likeness (QED) is 0.475. The third-order valence-electron chi connectivity index (χ3n) is 4.82. The van der Waals surface area contributed by atoms with Crippen LogP contribution in [-0.4, -0.2) is 26.2 Å². The molecule has 1 unspecified atom stereocenters. The maximum Gasteiger partial charge on any atom is 0.230 e. The maximum absolute atomic E-state index is 12.4. The van der Waals surface area contributed by atoms with Crippen LogP contribution in [0.15, 0.2) is 78.3 Å². The summed E-state index contributed by atoms with van der Waals surface area (Å²) in [4.78, 5) is 21.1. The van der Waals surface area contributed by atoms with Crippen LogP contribution in [0, 0.1) is 6.92 Å². The van der Waals surface area contributed by atoms with Gasteiger partial charge in [0.25, 0.3) is 0 Å². The number of thioether (sulfide) groups is 1. The number of rotatable bonds is 6. The molecule has 0 spiro atoms. The smallest absolute Gasteiger partial charge is 0.230 e. The summed E-state index contributed by atoms with van der Waals surface area (Å²) in [5.41, 5.74) is 4.23. The van der Waals surface area contributed by atoms with E-state index in [1.54, 1.807) is 12.5 Å². The zero-order valence-electron chi connectivity index (χ0n) is 16.4. The second-order valence-corrected chi connectivity index (χ2v) is 7.93. The molecule has 0 bridgehead atoms. The number of carbonyl (C=O) groups is 1. The van der Waals surface area contributed by atoms with Crippen molar-refractivity contribution in [2.45, 2.75) is 24.9 Å². The number of aryl methyl sites for hydroxylation is 1. The fourth-order valence-electron chi connectivity index (χ4n) is 3.25. The highest BCUT2D eigenvalue weighted by Gasteiger charge is 2.11. The maximum atomic E-state index is 12.4. The average molecular weight is 403 g/mol. The molecule has 5 nitrogen and oxygen atoms in total. The van der Waals surface area contributed by atoms with Crippen LogP contribution >= 0.6 is 11.8 Å². The Morgan fingerprint density at radius 3 is 2.72 bits per heavy atom. The Balaban J connectivity index is 1.36. The van der Waals surface area contributed by atoms with Crippen LogP contribution in [0.2, 0.25) is 0 Å². The van der Waals surface area contributed by atoms with Crippen molar-refractivity contribution < 1.29 is 4.79 Å². The lowest BCUT2D eigenvalue weighted by atomic mass is 10.1. The van der Waals surface area contributed by atoms with Crippen molar-refractivity contribution in [1.82, 2.24) is 19.9 Å². The van der Waals surface area contributed by atoms with Gasteiger partial charge in [0.15, 0.2) is 0 Å². The first-order valence-electron chi connectivity index (χ1n) is 9.47. The fourth-order valence-corrected chi connectivity index (χ4v) is 4.03. The molecule has 2 aromatic heterocycles. The molecule has 1 amide bonds. The topological polar surface area (TPSA) is 59.8 Å². The van der Waals surface area contributed by atoms with Gasteiger partial charge in [0.2, 0.25) is 5.91 Å². The van der Waals surface area contributed by atoms with Gasteiger partial charge in [0.1, 0.15) is 0 Å². The van der Waals surface area contributed by atoms with Crippen molar-refractivity contribution in [2.75, 3.05) is 5.75 Å². The number of benzene rings is 2. The van der Waals surface area contributed by atoms with Crippen molar-refractivity contribution in [3.8, 4) is 5.69 Å². The molecule has 0 aliphatic rings. The zero-order chi connectivity index (χ0) is 20.2. The number of fused-ring (bicyclic) bond motifs is 1. The number of hydrogen-bond acceptors (Lipinski definition) is 4. The van der Waals surface area contributed by atoms with Crippen molar-refractivity contribution in [1.29, 1.82) is 0 Å². The molecule has 0 saturated heterocycles. The Morgan fingerprint density at radius 2 is 1.97 bits per heavy atom. The van der Waals surface area contributed by atoms with E-state index in [9.17, 15) is 4.79 Å². The van der Waals surface area contributed by atoms with Crippen molar-refractivity contribution in [3.05, 3.63) is 84.4 Å². The molecule has 0 aliphatic carbocycles. The molecular weight excluding hydrogens is 380 g/mol. The van der Waals surface area contributed by atoms with Gasteiger partial charge in [0.05, 0.1) is 28.7 Å². The number of aromatic nitrogens is 3. The van der Waals surface area contributed by atoms with E-state index in [4.69, 9.17) is 0 Å². The molecule has 1 atom stereocenters. The Kier molecular flexibility index (Phi) is 5.62. The lowest BCUT2D eigenvalue weighted by Gasteiger charge is -2.15. The van der Waals surface area contributed by atoms with Gasteiger partial charge in [-0.25, -0.2) is 9.97 Å². The number of amides is 1. The van der Waals surface area contributed by atoms with Gasteiger partial charge in [0, 0.05) is 23.5 Å². The second kappa shape index (κ2) is 8.49. The Bertz CT molecular complexity index is 1120. The number of nitrogens with zero attached hydrogens (tertiary/aromatic N) is 3. The highest BCUT2D eigenvalue weighted by molar-refractivity contribution is 7.99. The van der Waals surface area contributed by atoms with Crippen molar-refractivity contribution >= 4 is 28.6 Å². The molecule has 2 aromatic carbocycles. The predicted octanol–water partition coefficient (Wildman–Crippen LogP) is 4.70. The largest absolute Gasteiger partial charge is 0.349 e. The van der Waals surface area contributed by atoms with Gasteiger partial charge in [-0.1, -0.05) is 42.1 Å². The Hall–Kier alpha value is -3.12. The highest BCUT2D eigenvalue weighted by Crippen LogP contribution is 2.24. The van der Waals surface area contributed by atoms with E-state index >= 15 is 0 Å². The van der Waals surface area contributed by atoms with Gasteiger partial charge in [-0.2, -0.15) is 0 Å². The van der Waals surface area contributed by atoms with Gasteiger partial charge < -0.3 is 9.88 Å². The van der Waals surface area contributed by atoms with Crippen LogP contribution in [0.5, 0.6) is 0 Å². The third kappa shape index (κ3) is 4.49. The van der Waals surface area contributed by atoms with E-state index in [1.165, 1.54) is 17.3 Å². The van der Waals surface area contributed by atoms with E-state index in [0.29, 0.717) is 5.75 Å². The number of nitrogens with one attached hydrogen (secondary N) is 1.